The van der Waals surface area contributed by atoms with Gasteiger partial charge in [0.1, 0.15) is 10.7 Å². The van der Waals surface area contributed by atoms with Crippen LogP contribution in [0.25, 0.3) is 0 Å². The quantitative estimate of drug-likeness (QED) is 0.397. The fourth-order valence-electron chi connectivity index (χ4n) is 5.20. The highest BCUT2D eigenvalue weighted by atomic mass is 32.2. The van der Waals surface area contributed by atoms with E-state index in [1.807, 2.05) is 6.07 Å². The van der Waals surface area contributed by atoms with E-state index in [9.17, 15) is 31.5 Å². The lowest BCUT2D eigenvalue weighted by atomic mass is 10.0. The van der Waals surface area contributed by atoms with Crippen molar-refractivity contribution in [3.63, 3.8) is 0 Å². The molecule has 2 fully saturated rings. The highest BCUT2D eigenvalue weighted by Gasteiger charge is 2.39. The van der Waals surface area contributed by atoms with Gasteiger partial charge in [-0.15, -0.1) is 15.6 Å². The molecule has 0 spiro atoms. The van der Waals surface area contributed by atoms with Gasteiger partial charge in [0, 0.05) is 36.1 Å². The van der Waals surface area contributed by atoms with Crippen molar-refractivity contribution >= 4 is 39.0 Å². The fraction of sp³-hybridized carbons (Fsp3) is 0.333. The van der Waals surface area contributed by atoms with E-state index in [4.69, 9.17) is 0 Å². The van der Waals surface area contributed by atoms with Crippen molar-refractivity contribution in [2.45, 2.75) is 55.8 Å². The van der Waals surface area contributed by atoms with Crippen molar-refractivity contribution in [2.24, 2.45) is 0 Å². The predicted octanol–water partition coefficient (Wildman–Crippen LogP) is 5.17. The van der Waals surface area contributed by atoms with E-state index in [0.717, 1.165) is 60.1 Å². The van der Waals surface area contributed by atoms with Crippen LogP contribution in [0, 0.1) is 17.5 Å². The zero-order chi connectivity index (χ0) is 26.3. The lowest BCUT2D eigenvalue weighted by Gasteiger charge is -2.23. The average molecular weight is 553 g/mol. The molecule has 196 valence electrons. The Morgan fingerprint density at radius 3 is 2.43 bits per heavy atom. The van der Waals surface area contributed by atoms with Crippen LogP contribution >= 0.6 is 11.3 Å². The first-order chi connectivity index (χ1) is 17.7. The van der Waals surface area contributed by atoms with Gasteiger partial charge in [-0.3, -0.25) is 4.90 Å². The van der Waals surface area contributed by atoms with E-state index < -0.39 is 44.3 Å². The largest absolute Gasteiger partial charge is 0.464 e. The molecular formula is C24H23F3N4O4S2. The summed E-state index contributed by atoms with van der Waals surface area (Å²) in [6, 6.07) is 7.42. The first kappa shape index (κ1) is 25.5. The van der Waals surface area contributed by atoms with Crippen LogP contribution in [-0.4, -0.2) is 41.6 Å². The maximum absolute atomic E-state index is 15.0. The van der Waals surface area contributed by atoms with E-state index in [0.29, 0.717) is 24.2 Å². The summed E-state index contributed by atoms with van der Waals surface area (Å²) in [5, 5.41) is 13.2. The Balaban J connectivity index is 1.39. The number of aromatic nitrogens is 1. The predicted molar refractivity (Wildman–Crippen MR) is 131 cm³/mol. The van der Waals surface area contributed by atoms with Crippen molar-refractivity contribution in [3.05, 3.63) is 69.8 Å². The maximum atomic E-state index is 15.0. The van der Waals surface area contributed by atoms with Gasteiger partial charge in [-0.05, 0) is 49.4 Å². The third-order valence-corrected chi connectivity index (χ3v) is 9.26. The van der Waals surface area contributed by atoms with Gasteiger partial charge in [0.2, 0.25) is 0 Å². The number of anilines is 2. The van der Waals surface area contributed by atoms with Crippen LogP contribution in [0.2, 0.25) is 0 Å². The number of carboxylic acid groups (broad SMARTS) is 1. The Bertz CT molecular complexity index is 1420. The van der Waals surface area contributed by atoms with Crippen molar-refractivity contribution in [1.29, 1.82) is 0 Å². The number of nitrogens with one attached hydrogen (secondary N) is 1. The number of carbonyl (C=O) groups is 1. The minimum Gasteiger partial charge on any atom is -0.464 e. The topological polar surface area (TPSA) is 103 Å². The van der Waals surface area contributed by atoms with Crippen LogP contribution in [0.1, 0.15) is 36.8 Å². The molecule has 2 aromatic carbocycles. The van der Waals surface area contributed by atoms with E-state index >= 15 is 0 Å². The molecule has 0 radical (unpaired) electrons. The second-order valence-corrected chi connectivity index (χ2v) is 11.5. The molecule has 37 heavy (non-hydrogen) atoms. The van der Waals surface area contributed by atoms with Gasteiger partial charge in [0.15, 0.2) is 17.5 Å². The molecule has 2 bridgehead atoms. The van der Waals surface area contributed by atoms with Crippen LogP contribution in [0.4, 0.5) is 29.5 Å². The Labute approximate surface area is 215 Å². The second-order valence-electron chi connectivity index (χ2n) is 9.00. The Kier molecular flexibility index (Phi) is 6.86. The van der Waals surface area contributed by atoms with Crippen molar-refractivity contribution in [1.82, 2.24) is 9.88 Å². The zero-order valence-electron chi connectivity index (χ0n) is 19.4. The van der Waals surface area contributed by atoms with Crippen LogP contribution in [0.15, 0.2) is 46.1 Å². The van der Waals surface area contributed by atoms with Crippen LogP contribution in [0.3, 0.4) is 0 Å². The summed E-state index contributed by atoms with van der Waals surface area (Å²) in [6.07, 6.45) is 2.56. The number of amides is 1. The SMILES string of the molecule is O=C(O)N(c1cscn1)S(=O)(=O)c1ccc(NCc2c(F)cccc2CN2C3CCC2CC3)c(F)c1F. The summed E-state index contributed by atoms with van der Waals surface area (Å²) < 4.78 is 70.3. The molecule has 5 rings (SSSR count). The molecule has 3 aromatic rings. The molecule has 2 saturated heterocycles. The smallest absolute Gasteiger partial charge is 0.427 e. The fourth-order valence-corrected chi connectivity index (χ4v) is 7.09. The lowest BCUT2D eigenvalue weighted by molar-refractivity contribution is 0.206. The van der Waals surface area contributed by atoms with Gasteiger partial charge < -0.3 is 10.4 Å². The number of halogens is 3. The number of thiazole rings is 1. The molecular weight excluding hydrogens is 529 g/mol. The molecule has 1 amide bonds. The maximum Gasteiger partial charge on any atom is 0.427 e. The number of rotatable bonds is 8. The lowest BCUT2D eigenvalue weighted by Crippen LogP contribution is -2.36. The van der Waals surface area contributed by atoms with Crippen LogP contribution < -0.4 is 9.62 Å². The number of sulfonamides is 1. The minimum absolute atomic E-state index is 0.119. The molecule has 1 aromatic heterocycles. The summed E-state index contributed by atoms with van der Waals surface area (Å²) in [5.41, 5.74) is 1.87. The molecule has 2 aliphatic rings. The summed E-state index contributed by atoms with van der Waals surface area (Å²) in [6.45, 7) is 0.396. The van der Waals surface area contributed by atoms with E-state index in [2.05, 4.69) is 15.2 Å². The van der Waals surface area contributed by atoms with Gasteiger partial charge >= 0.3 is 6.09 Å². The molecule has 0 atom stereocenters. The third-order valence-electron chi connectivity index (χ3n) is 6.99. The first-order valence-electron chi connectivity index (χ1n) is 11.6. The van der Waals surface area contributed by atoms with Crippen molar-refractivity contribution < 1.29 is 31.5 Å². The summed E-state index contributed by atoms with van der Waals surface area (Å²) in [7, 11) is -5.02. The van der Waals surface area contributed by atoms with Gasteiger partial charge in [-0.1, -0.05) is 12.1 Å². The Hall–Kier alpha value is -3.16. The number of benzene rings is 2. The highest BCUT2D eigenvalue weighted by Crippen LogP contribution is 2.39. The third kappa shape index (κ3) is 4.66. The van der Waals surface area contributed by atoms with Gasteiger partial charge in [-0.2, -0.15) is 0 Å². The number of hydrogen-bond donors (Lipinski definition) is 2. The van der Waals surface area contributed by atoms with Crippen molar-refractivity contribution in [3.8, 4) is 0 Å². The molecule has 13 heteroatoms. The Morgan fingerprint density at radius 1 is 1.11 bits per heavy atom. The van der Waals surface area contributed by atoms with E-state index in [1.165, 1.54) is 11.6 Å². The summed E-state index contributed by atoms with van der Waals surface area (Å²) in [5.74, 6) is -4.23. The average Bonchev–Trinajstić information content (AvgIpc) is 3.59. The molecule has 3 heterocycles. The second kappa shape index (κ2) is 9.95. The first-order valence-corrected chi connectivity index (χ1v) is 14.0. The normalized spacial score (nSPS) is 19.3. The number of fused-ring (bicyclic) bond motifs is 2. The van der Waals surface area contributed by atoms with Gasteiger partial charge in [-0.25, -0.2) is 31.4 Å². The zero-order valence-corrected chi connectivity index (χ0v) is 21.0. The molecule has 0 aliphatic carbocycles. The van der Waals surface area contributed by atoms with Crippen LogP contribution in [-0.2, 0) is 23.1 Å². The van der Waals surface area contributed by atoms with Gasteiger partial charge in [0.25, 0.3) is 10.0 Å². The standard InChI is InChI=1S/C24H23F3N4O4S2/c25-18-3-1-2-14(11-30-15-4-5-16(30)7-6-15)17(18)10-28-19-8-9-20(23(27)22(19)26)37(34,35)31(24(32)33)21-12-36-13-29-21/h1-3,8-9,12-13,15-16,28H,4-7,10-11H2,(H,32,33). The van der Waals surface area contributed by atoms with Gasteiger partial charge in [0.05, 0.1) is 11.2 Å². The minimum atomic E-state index is -5.02. The summed E-state index contributed by atoms with van der Waals surface area (Å²) in [4.78, 5) is 16.5. The van der Waals surface area contributed by atoms with Crippen molar-refractivity contribution in [2.75, 3.05) is 9.62 Å². The van der Waals surface area contributed by atoms with E-state index in [-0.39, 0.29) is 16.5 Å². The molecule has 8 nitrogen and oxygen atoms in total. The molecule has 0 saturated carbocycles. The molecule has 2 N–H and O–H groups in total. The van der Waals surface area contributed by atoms with Crippen LogP contribution in [0.5, 0.6) is 0 Å². The monoisotopic (exact) mass is 552 g/mol. The number of nitrogens with zero attached hydrogens (tertiary/aromatic N) is 3. The molecule has 0 unspecified atom stereocenters. The number of hydrogen-bond acceptors (Lipinski definition) is 7. The highest BCUT2D eigenvalue weighted by molar-refractivity contribution is 7.93. The molecule has 2 aliphatic heterocycles. The summed E-state index contributed by atoms with van der Waals surface area (Å²) >= 11 is 0.935. The van der Waals surface area contributed by atoms with E-state index in [1.54, 1.807) is 6.07 Å². The Morgan fingerprint density at radius 2 is 1.81 bits per heavy atom.